The number of anilines is 1. The number of benzene rings is 3. The molecule has 1 saturated heterocycles. The molecule has 0 bridgehead atoms. The zero-order valence-electron chi connectivity index (χ0n) is 26.0. The van der Waals surface area contributed by atoms with Gasteiger partial charge in [-0.25, -0.2) is 0 Å². The number of carboxylic acid groups (broad SMARTS) is 1. The fraction of sp³-hybridized carbons (Fsp3) is 0.429. The zero-order valence-corrected chi connectivity index (χ0v) is 26.0. The summed E-state index contributed by atoms with van der Waals surface area (Å²) in [4.78, 5) is 31.0. The first-order valence-corrected chi connectivity index (χ1v) is 15.6. The number of hydrogen-bond donors (Lipinski definition) is 3. The summed E-state index contributed by atoms with van der Waals surface area (Å²) in [7, 11) is 1.62. The number of carbonyl (C=O) groups is 2. The molecule has 10 nitrogen and oxygen atoms in total. The molecule has 1 fully saturated rings. The molecule has 0 aliphatic carbocycles. The quantitative estimate of drug-likeness (QED) is 0.242. The number of aliphatic carboxylic acids is 1. The molecule has 0 aromatic heterocycles. The van der Waals surface area contributed by atoms with Crippen molar-refractivity contribution in [3.63, 3.8) is 0 Å². The summed E-state index contributed by atoms with van der Waals surface area (Å²) >= 11 is 0. The first-order valence-electron chi connectivity index (χ1n) is 15.6. The Kier molecular flexibility index (Phi) is 10.6. The van der Waals surface area contributed by atoms with Crippen LogP contribution in [0.25, 0.3) is 0 Å². The molecule has 0 unspecified atom stereocenters. The summed E-state index contributed by atoms with van der Waals surface area (Å²) in [5, 5.41) is 20.8. The summed E-state index contributed by atoms with van der Waals surface area (Å²) < 4.78 is 16.8. The maximum Gasteiger partial charge on any atom is 0.308 e. The molecule has 5 rings (SSSR count). The van der Waals surface area contributed by atoms with Crippen molar-refractivity contribution in [2.75, 3.05) is 38.4 Å². The molecule has 0 radical (unpaired) electrons. The number of methoxy groups -OCH3 is 1. The monoisotopic (exact) mass is 617 g/mol. The van der Waals surface area contributed by atoms with Crippen LogP contribution >= 0.6 is 0 Å². The van der Waals surface area contributed by atoms with Crippen molar-refractivity contribution in [2.45, 2.75) is 57.7 Å². The molecule has 4 N–H and O–H groups in total. The third-order valence-corrected chi connectivity index (χ3v) is 8.94. The smallest absolute Gasteiger partial charge is 0.308 e. The third-order valence-electron chi connectivity index (χ3n) is 8.94. The van der Waals surface area contributed by atoms with E-state index in [0.717, 1.165) is 41.0 Å². The molecule has 3 aromatic rings. The van der Waals surface area contributed by atoms with E-state index in [9.17, 15) is 19.8 Å². The molecule has 2 aliphatic rings. The topological polar surface area (TPSA) is 135 Å². The molecule has 240 valence electrons. The minimum atomic E-state index is -0.929. The van der Waals surface area contributed by atoms with Crippen LogP contribution in [0.2, 0.25) is 0 Å². The number of likely N-dealkylation sites (tertiary alicyclic amines) is 1. The van der Waals surface area contributed by atoms with Crippen LogP contribution in [0.4, 0.5) is 5.69 Å². The number of aliphatic hydroxyl groups excluding tert-OH is 1. The molecule has 10 heteroatoms. The molecule has 2 heterocycles. The Morgan fingerprint density at radius 3 is 2.64 bits per heavy atom. The second kappa shape index (κ2) is 14.8. The zero-order chi connectivity index (χ0) is 31.9. The maximum absolute atomic E-state index is 14.1. The van der Waals surface area contributed by atoms with E-state index in [-0.39, 0.29) is 25.9 Å². The number of hydrogen-bond acceptors (Lipinski definition) is 8. The van der Waals surface area contributed by atoms with Crippen LogP contribution in [0.1, 0.15) is 54.4 Å². The fourth-order valence-corrected chi connectivity index (χ4v) is 6.67. The fourth-order valence-electron chi connectivity index (χ4n) is 6.67. The number of rotatable bonds is 14. The van der Waals surface area contributed by atoms with Gasteiger partial charge < -0.3 is 35.1 Å². The number of amides is 1. The molecule has 45 heavy (non-hydrogen) atoms. The highest BCUT2D eigenvalue weighted by molar-refractivity contribution is 5.95. The van der Waals surface area contributed by atoms with Crippen molar-refractivity contribution in [1.29, 1.82) is 0 Å². The molecular weight excluding hydrogens is 574 g/mol. The van der Waals surface area contributed by atoms with Crippen molar-refractivity contribution in [3.8, 4) is 17.2 Å². The summed E-state index contributed by atoms with van der Waals surface area (Å²) in [6.07, 6.45) is 2.84. The molecule has 0 saturated carbocycles. The number of carboxylic acids is 1. The molecular formula is C35H43N3O7. The second-order valence-corrected chi connectivity index (χ2v) is 11.7. The number of nitrogens with zero attached hydrogens (tertiary/aromatic N) is 2. The number of aliphatic hydroxyl groups is 1. The van der Waals surface area contributed by atoms with Crippen molar-refractivity contribution < 1.29 is 34.0 Å². The number of nitrogens with two attached hydrogens (primary N) is 1. The number of carbonyl (C=O) groups excluding carboxylic acids is 1. The van der Waals surface area contributed by atoms with Crippen molar-refractivity contribution in [3.05, 3.63) is 82.9 Å². The van der Waals surface area contributed by atoms with Crippen molar-refractivity contribution in [2.24, 2.45) is 11.7 Å². The maximum atomic E-state index is 14.1. The Morgan fingerprint density at radius 1 is 1.09 bits per heavy atom. The van der Waals surface area contributed by atoms with Gasteiger partial charge in [-0.05, 0) is 66.3 Å². The van der Waals surface area contributed by atoms with Gasteiger partial charge >= 0.3 is 5.97 Å². The molecule has 3 aromatic carbocycles. The van der Waals surface area contributed by atoms with Gasteiger partial charge in [0.25, 0.3) is 0 Å². The Labute approximate surface area is 264 Å². The Balaban J connectivity index is 1.49. The lowest BCUT2D eigenvalue weighted by Crippen LogP contribution is -2.44. The summed E-state index contributed by atoms with van der Waals surface area (Å²) in [5.41, 5.74) is 9.90. The number of fused-ring (bicyclic) bond motifs is 1. The molecule has 3 atom stereocenters. The van der Waals surface area contributed by atoms with Gasteiger partial charge in [-0.1, -0.05) is 43.7 Å². The van der Waals surface area contributed by atoms with Gasteiger partial charge in [-0.2, -0.15) is 0 Å². The average Bonchev–Trinajstić information content (AvgIpc) is 3.68. The van der Waals surface area contributed by atoms with Crippen LogP contribution in [0, 0.1) is 5.92 Å². The first-order chi connectivity index (χ1) is 21.9. The average molecular weight is 618 g/mol. The van der Waals surface area contributed by atoms with E-state index >= 15 is 0 Å². The Morgan fingerprint density at radius 2 is 1.91 bits per heavy atom. The summed E-state index contributed by atoms with van der Waals surface area (Å²) in [5.74, 6) is -0.543. The van der Waals surface area contributed by atoms with Crippen LogP contribution in [0.3, 0.4) is 0 Å². The predicted octanol–water partition coefficient (Wildman–Crippen LogP) is 4.31. The molecule has 1 amide bonds. The van der Waals surface area contributed by atoms with Gasteiger partial charge in [-0.3, -0.25) is 14.5 Å². The lowest BCUT2D eigenvalue weighted by molar-refractivity contribution is -0.143. The summed E-state index contributed by atoms with van der Waals surface area (Å²) in [6.45, 7) is 3.20. The largest absolute Gasteiger partial charge is 0.496 e. The van der Waals surface area contributed by atoms with Gasteiger partial charge in [0.2, 0.25) is 12.7 Å². The van der Waals surface area contributed by atoms with Gasteiger partial charge in [0, 0.05) is 42.8 Å². The van der Waals surface area contributed by atoms with Gasteiger partial charge in [0.15, 0.2) is 11.5 Å². The van der Waals surface area contributed by atoms with E-state index in [1.165, 1.54) is 0 Å². The van der Waals surface area contributed by atoms with Gasteiger partial charge in [0.05, 0.1) is 26.2 Å². The SMILES string of the molecule is CCCCN(C(=O)CN1C[C@H](c2cc(CO)c3c(c2)OCO3)[C@@H](C(=O)O)[C@@H]1CCc1ccccc1OC)c1cccc(CN)c1. The Hall–Kier alpha value is -4.12. The third kappa shape index (κ3) is 7.08. The number of para-hydroxylation sites is 1. The van der Waals surface area contributed by atoms with Gasteiger partial charge in [0.1, 0.15) is 5.75 Å². The minimum Gasteiger partial charge on any atom is -0.496 e. The standard InChI is InChI=1S/C35H43N3O7/c1-3-4-14-38(27-10-7-8-23(15-27)18-36)32(40)20-37-19-28(25-16-26(21-39)34-31(17-25)44-22-45-34)33(35(41)42)29(37)13-12-24-9-5-6-11-30(24)43-2/h5-11,15-17,28-29,33,39H,3-4,12-14,18-22,36H2,1-2H3,(H,41,42)/t28-,29+,33-/m1/s1. The number of ether oxygens (including phenoxy) is 3. The van der Waals surface area contributed by atoms with Crippen LogP contribution in [-0.4, -0.2) is 66.6 Å². The minimum absolute atomic E-state index is 0.0416. The predicted molar refractivity (Wildman–Crippen MR) is 171 cm³/mol. The lowest BCUT2D eigenvalue weighted by atomic mass is 9.82. The van der Waals surface area contributed by atoms with E-state index in [1.54, 1.807) is 12.0 Å². The van der Waals surface area contributed by atoms with Gasteiger partial charge in [-0.15, -0.1) is 0 Å². The highest BCUT2D eigenvalue weighted by Gasteiger charge is 2.47. The van der Waals surface area contributed by atoms with Crippen molar-refractivity contribution >= 4 is 17.6 Å². The van der Waals surface area contributed by atoms with E-state index in [2.05, 4.69) is 6.92 Å². The first kappa shape index (κ1) is 32.3. The van der Waals surface area contributed by atoms with E-state index in [0.29, 0.717) is 49.5 Å². The highest BCUT2D eigenvalue weighted by Crippen LogP contribution is 2.45. The lowest BCUT2D eigenvalue weighted by Gasteiger charge is -2.30. The summed E-state index contributed by atoms with van der Waals surface area (Å²) in [6, 6.07) is 18.6. The van der Waals surface area contributed by atoms with E-state index in [1.807, 2.05) is 65.6 Å². The van der Waals surface area contributed by atoms with Crippen LogP contribution in [0.15, 0.2) is 60.7 Å². The molecule has 2 aliphatic heterocycles. The Bertz CT molecular complexity index is 1500. The van der Waals surface area contributed by atoms with Crippen molar-refractivity contribution in [1.82, 2.24) is 4.90 Å². The second-order valence-electron chi connectivity index (χ2n) is 11.7. The van der Waals surface area contributed by atoms with E-state index < -0.39 is 23.8 Å². The van der Waals surface area contributed by atoms with Crippen LogP contribution in [0.5, 0.6) is 17.2 Å². The highest BCUT2D eigenvalue weighted by atomic mass is 16.7. The van der Waals surface area contributed by atoms with Crippen LogP contribution in [-0.2, 0) is 29.2 Å². The molecule has 0 spiro atoms. The normalized spacial score (nSPS) is 19.1. The van der Waals surface area contributed by atoms with E-state index in [4.69, 9.17) is 19.9 Å². The number of unbranched alkanes of at least 4 members (excludes halogenated alkanes) is 1. The number of aryl methyl sites for hydroxylation is 1. The van der Waals surface area contributed by atoms with Crippen LogP contribution < -0.4 is 24.8 Å².